The molecule has 1 atom stereocenters. The fourth-order valence-corrected chi connectivity index (χ4v) is 3.29. The number of tetrazole rings is 1. The van der Waals surface area contributed by atoms with E-state index in [1.54, 1.807) is 6.07 Å². The van der Waals surface area contributed by atoms with Gasteiger partial charge in [-0.3, -0.25) is 4.79 Å². The van der Waals surface area contributed by atoms with Crippen LogP contribution < -0.4 is 11.1 Å². The minimum atomic E-state index is -0.128. The van der Waals surface area contributed by atoms with Crippen LogP contribution >= 0.6 is 12.4 Å². The summed E-state index contributed by atoms with van der Waals surface area (Å²) >= 11 is 0. The van der Waals surface area contributed by atoms with E-state index in [-0.39, 0.29) is 24.4 Å². The summed E-state index contributed by atoms with van der Waals surface area (Å²) in [4.78, 5) is 12.7. The second-order valence-electron chi connectivity index (χ2n) is 5.99. The van der Waals surface area contributed by atoms with Crippen LogP contribution in [-0.2, 0) is 0 Å². The van der Waals surface area contributed by atoms with E-state index in [2.05, 4.69) is 20.8 Å². The second-order valence-corrected chi connectivity index (χ2v) is 5.99. The second kappa shape index (κ2) is 8.75. The van der Waals surface area contributed by atoms with E-state index >= 15 is 0 Å². The molecule has 8 heteroatoms. The van der Waals surface area contributed by atoms with E-state index in [0.717, 1.165) is 12.8 Å². The normalized spacial score (nSPS) is 16.2. The maximum atomic E-state index is 12.7. The summed E-state index contributed by atoms with van der Waals surface area (Å²) in [6.45, 7) is 0.462. The molecule has 1 aliphatic rings. The molecule has 0 saturated heterocycles. The molecule has 0 radical (unpaired) electrons. The minimum Gasteiger partial charge on any atom is -0.348 e. The molecule has 1 unspecified atom stereocenters. The van der Waals surface area contributed by atoms with Crippen molar-refractivity contribution in [3.8, 4) is 5.69 Å². The van der Waals surface area contributed by atoms with Crippen LogP contribution in [-0.4, -0.2) is 38.7 Å². The monoisotopic (exact) mass is 350 g/mol. The lowest BCUT2D eigenvalue weighted by molar-refractivity contribution is 0.0915. The Kier molecular flexibility index (Phi) is 6.69. The maximum Gasteiger partial charge on any atom is 0.253 e. The highest BCUT2D eigenvalue weighted by Crippen LogP contribution is 2.26. The van der Waals surface area contributed by atoms with Gasteiger partial charge in [-0.1, -0.05) is 31.4 Å². The number of nitrogens with two attached hydrogens (primary N) is 1. The standard InChI is InChI=1S/C16H22N6O.ClH/c17-10-14(12-6-2-1-3-7-12)19-16(23)13-8-4-5-9-15(13)22-11-18-20-21-22;/h4-5,8-9,11-12,14H,1-3,6-7,10,17H2,(H,19,23);1H. The van der Waals surface area contributed by atoms with Gasteiger partial charge in [-0.05, 0) is 41.3 Å². The molecule has 7 nitrogen and oxygen atoms in total. The lowest BCUT2D eigenvalue weighted by atomic mass is 9.84. The zero-order chi connectivity index (χ0) is 16.1. The molecule has 1 heterocycles. The first-order valence-corrected chi connectivity index (χ1v) is 8.13. The number of para-hydroxylation sites is 1. The average Bonchev–Trinajstić information content (AvgIpc) is 3.14. The SMILES string of the molecule is Cl.NCC(NC(=O)c1ccccc1-n1cnnn1)C1CCCCC1. The Morgan fingerprint density at radius 3 is 2.71 bits per heavy atom. The molecule has 0 bridgehead atoms. The highest BCUT2D eigenvalue weighted by Gasteiger charge is 2.25. The Bertz CT molecular complexity index is 642. The third kappa shape index (κ3) is 4.10. The Labute approximate surface area is 147 Å². The summed E-state index contributed by atoms with van der Waals surface area (Å²) in [5.74, 6) is 0.343. The Balaban J connectivity index is 0.00000208. The van der Waals surface area contributed by atoms with E-state index < -0.39 is 0 Å². The minimum absolute atomic E-state index is 0. The number of nitrogens with one attached hydrogen (secondary N) is 1. The summed E-state index contributed by atoms with van der Waals surface area (Å²) in [7, 11) is 0. The van der Waals surface area contributed by atoms with Crippen LogP contribution in [0.25, 0.3) is 5.69 Å². The van der Waals surface area contributed by atoms with E-state index in [9.17, 15) is 4.79 Å². The van der Waals surface area contributed by atoms with Crippen molar-refractivity contribution in [3.63, 3.8) is 0 Å². The molecule has 0 spiro atoms. The first-order valence-electron chi connectivity index (χ1n) is 8.13. The van der Waals surface area contributed by atoms with Gasteiger partial charge in [0.15, 0.2) is 0 Å². The topological polar surface area (TPSA) is 98.7 Å². The number of nitrogens with zero attached hydrogens (tertiary/aromatic N) is 4. The zero-order valence-corrected chi connectivity index (χ0v) is 14.3. The van der Waals surface area contributed by atoms with Crippen LogP contribution in [0.15, 0.2) is 30.6 Å². The molecular formula is C16H23ClN6O. The number of benzene rings is 1. The summed E-state index contributed by atoms with van der Waals surface area (Å²) in [5.41, 5.74) is 7.12. The summed E-state index contributed by atoms with van der Waals surface area (Å²) < 4.78 is 1.49. The van der Waals surface area contributed by atoms with Gasteiger partial charge in [0.05, 0.1) is 11.3 Å². The number of carbonyl (C=O) groups is 1. The van der Waals surface area contributed by atoms with Crippen LogP contribution in [0.5, 0.6) is 0 Å². The number of halogens is 1. The van der Waals surface area contributed by atoms with E-state index in [4.69, 9.17) is 5.73 Å². The molecule has 130 valence electrons. The van der Waals surface area contributed by atoms with Gasteiger partial charge in [0.25, 0.3) is 5.91 Å². The fraction of sp³-hybridized carbons (Fsp3) is 0.500. The number of aromatic nitrogens is 4. The summed E-state index contributed by atoms with van der Waals surface area (Å²) in [6.07, 6.45) is 7.47. The van der Waals surface area contributed by atoms with E-state index in [1.165, 1.54) is 30.3 Å². The third-order valence-electron chi connectivity index (χ3n) is 4.53. The molecule has 1 fully saturated rings. The quantitative estimate of drug-likeness (QED) is 0.855. The van der Waals surface area contributed by atoms with Crippen LogP contribution in [0.1, 0.15) is 42.5 Å². The van der Waals surface area contributed by atoms with E-state index in [0.29, 0.717) is 23.7 Å². The molecular weight excluding hydrogens is 328 g/mol. The molecule has 1 aromatic carbocycles. The molecule has 1 amide bonds. The average molecular weight is 351 g/mol. The number of amides is 1. The first kappa shape index (κ1) is 18.4. The molecule has 1 saturated carbocycles. The van der Waals surface area contributed by atoms with Crippen molar-refractivity contribution < 1.29 is 4.79 Å². The fourth-order valence-electron chi connectivity index (χ4n) is 3.29. The third-order valence-corrected chi connectivity index (χ3v) is 4.53. The van der Waals surface area contributed by atoms with Gasteiger partial charge in [-0.2, -0.15) is 4.68 Å². The smallest absolute Gasteiger partial charge is 0.253 e. The largest absolute Gasteiger partial charge is 0.348 e. The lowest BCUT2D eigenvalue weighted by Gasteiger charge is -2.30. The van der Waals surface area contributed by atoms with Crippen molar-refractivity contribution in [2.75, 3.05) is 6.54 Å². The van der Waals surface area contributed by atoms with Gasteiger partial charge >= 0.3 is 0 Å². The van der Waals surface area contributed by atoms with Crippen molar-refractivity contribution in [2.24, 2.45) is 11.7 Å². The molecule has 1 aromatic heterocycles. The summed E-state index contributed by atoms with van der Waals surface area (Å²) in [6, 6.07) is 7.31. The van der Waals surface area contributed by atoms with Crippen LogP contribution in [0, 0.1) is 5.92 Å². The van der Waals surface area contributed by atoms with Crippen molar-refractivity contribution in [3.05, 3.63) is 36.2 Å². The Morgan fingerprint density at radius 2 is 2.04 bits per heavy atom. The maximum absolute atomic E-state index is 12.7. The molecule has 3 rings (SSSR count). The van der Waals surface area contributed by atoms with Crippen LogP contribution in [0.2, 0.25) is 0 Å². The summed E-state index contributed by atoms with van der Waals surface area (Å²) in [5, 5.41) is 14.2. The number of hydrogen-bond acceptors (Lipinski definition) is 5. The van der Waals surface area contributed by atoms with E-state index in [1.807, 2.05) is 18.2 Å². The van der Waals surface area contributed by atoms with Gasteiger partial charge < -0.3 is 11.1 Å². The lowest BCUT2D eigenvalue weighted by Crippen LogP contribution is -2.46. The number of hydrogen-bond donors (Lipinski definition) is 2. The van der Waals surface area contributed by atoms with Crippen molar-refractivity contribution in [1.82, 2.24) is 25.5 Å². The molecule has 24 heavy (non-hydrogen) atoms. The van der Waals surface area contributed by atoms with Crippen molar-refractivity contribution >= 4 is 18.3 Å². The van der Waals surface area contributed by atoms with Gasteiger partial charge in [-0.15, -0.1) is 17.5 Å². The highest BCUT2D eigenvalue weighted by molar-refractivity contribution is 5.97. The molecule has 2 aromatic rings. The van der Waals surface area contributed by atoms with Gasteiger partial charge in [0, 0.05) is 12.6 Å². The predicted octanol–water partition coefficient (Wildman–Crippen LogP) is 1.72. The van der Waals surface area contributed by atoms with Crippen LogP contribution in [0.4, 0.5) is 0 Å². The molecule has 0 aliphatic heterocycles. The molecule has 3 N–H and O–H groups in total. The van der Waals surface area contributed by atoms with Gasteiger partial charge in [-0.25, -0.2) is 0 Å². The van der Waals surface area contributed by atoms with Crippen LogP contribution in [0.3, 0.4) is 0 Å². The zero-order valence-electron chi connectivity index (χ0n) is 13.5. The first-order chi connectivity index (χ1) is 11.3. The predicted molar refractivity (Wildman–Crippen MR) is 93.3 cm³/mol. The Hall–Kier alpha value is -1.99. The van der Waals surface area contributed by atoms with Gasteiger partial charge in [0.1, 0.15) is 6.33 Å². The number of carbonyl (C=O) groups excluding carboxylic acids is 1. The van der Waals surface area contributed by atoms with Gasteiger partial charge in [0.2, 0.25) is 0 Å². The molecule has 1 aliphatic carbocycles. The Morgan fingerprint density at radius 1 is 1.29 bits per heavy atom. The van der Waals surface area contributed by atoms with Crippen molar-refractivity contribution in [1.29, 1.82) is 0 Å². The van der Waals surface area contributed by atoms with Crippen molar-refractivity contribution in [2.45, 2.75) is 38.1 Å². The highest BCUT2D eigenvalue weighted by atomic mass is 35.5. The number of rotatable bonds is 5.